The van der Waals surface area contributed by atoms with Gasteiger partial charge in [0.2, 0.25) is 5.88 Å². The van der Waals surface area contributed by atoms with Crippen LogP contribution in [-0.4, -0.2) is 11.0 Å². The topological polar surface area (TPSA) is 39.2 Å². The van der Waals surface area contributed by atoms with Crippen LogP contribution in [0.25, 0.3) is 0 Å². The number of hydrogen-bond donors (Lipinski definition) is 0. The molecule has 0 aliphatic heterocycles. The number of pyridine rings is 1. The van der Waals surface area contributed by atoms with Crippen molar-refractivity contribution in [3.8, 4) is 5.88 Å². The predicted octanol–water partition coefficient (Wildman–Crippen LogP) is 2.05. The van der Waals surface area contributed by atoms with Crippen molar-refractivity contribution in [3.63, 3.8) is 0 Å². The maximum Gasteiger partial charge on any atom is 0.312 e. The average Bonchev–Trinajstić information content (AvgIpc) is 2.09. The lowest BCUT2D eigenvalue weighted by Crippen LogP contribution is -2.06. The second-order valence-electron chi connectivity index (χ2n) is 2.14. The first-order valence-electron chi connectivity index (χ1n) is 3.54. The molecule has 1 rings (SSSR count). The number of carbonyl (C=O) groups excluding carboxylic acids is 1. The molecule has 0 aliphatic rings. The van der Waals surface area contributed by atoms with E-state index in [9.17, 15) is 4.79 Å². The Morgan fingerprint density at radius 3 is 2.92 bits per heavy atom. The second-order valence-corrected chi connectivity index (χ2v) is 2.58. The van der Waals surface area contributed by atoms with E-state index >= 15 is 0 Å². The number of aromatic nitrogens is 1. The number of hydrogen-bond acceptors (Lipinski definition) is 3. The Labute approximate surface area is 75.3 Å². The van der Waals surface area contributed by atoms with E-state index in [1.807, 2.05) is 0 Å². The van der Waals surface area contributed by atoms with Gasteiger partial charge in [0.15, 0.2) is 0 Å². The molecule has 0 N–H and O–H groups in total. The fourth-order valence-corrected chi connectivity index (χ4v) is 0.723. The van der Waals surface area contributed by atoms with Crippen LogP contribution in [0.1, 0.15) is 13.3 Å². The van der Waals surface area contributed by atoms with Crippen molar-refractivity contribution in [1.82, 2.24) is 4.98 Å². The predicted molar refractivity (Wildman–Crippen MR) is 45.2 cm³/mol. The van der Waals surface area contributed by atoms with Crippen LogP contribution in [0.2, 0.25) is 5.02 Å². The number of esters is 1. The Morgan fingerprint density at radius 1 is 1.67 bits per heavy atom. The van der Waals surface area contributed by atoms with Crippen molar-refractivity contribution < 1.29 is 9.53 Å². The van der Waals surface area contributed by atoms with E-state index in [-0.39, 0.29) is 11.8 Å². The monoisotopic (exact) mass is 185 g/mol. The standard InChI is InChI=1S/C8H8ClNO2/c1-2-8(11)12-7-4-3-6(9)5-10-7/h3-5H,2H2,1H3. The quantitative estimate of drug-likeness (QED) is 0.662. The molecule has 0 radical (unpaired) electrons. The maximum absolute atomic E-state index is 10.8. The van der Waals surface area contributed by atoms with Crippen LogP contribution in [0.15, 0.2) is 18.3 Å². The van der Waals surface area contributed by atoms with Gasteiger partial charge in [0.1, 0.15) is 0 Å². The van der Waals surface area contributed by atoms with Crippen LogP contribution in [0.5, 0.6) is 5.88 Å². The van der Waals surface area contributed by atoms with Crippen LogP contribution in [0.3, 0.4) is 0 Å². The molecule has 0 spiro atoms. The van der Waals surface area contributed by atoms with Gasteiger partial charge in [-0.05, 0) is 6.07 Å². The van der Waals surface area contributed by atoms with Crippen molar-refractivity contribution in [2.24, 2.45) is 0 Å². The number of nitrogens with zero attached hydrogens (tertiary/aromatic N) is 1. The van der Waals surface area contributed by atoms with E-state index in [1.165, 1.54) is 6.20 Å². The molecule has 0 fully saturated rings. The maximum atomic E-state index is 10.8. The molecular weight excluding hydrogens is 178 g/mol. The third-order valence-corrected chi connectivity index (χ3v) is 1.43. The van der Waals surface area contributed by atoms with Crippen LogP contribution >= 0.6 is 11.6 Å². The molecule has 12 heavy (non-hydrogen) atoms. The molecule has 0 bridgehead atoms. The fourth-order valence-electron chi connectivity index (χ4n) is 0.611. The Balaban J connectivity index is 2.64. The molecule has 0 aliphatic carbocycles. The molecule has 0 atom stereocenters. The largest absolute Gasteiger partial charge is 0.407 e. The van der Waals surface area contributed by atoms with Crippen LogP contribution in [0, 0.1) is 0 Å². The minimum atomic E-state index is -0.301. The average molecular weight is 186 g/mol. The SMILES string of the molecule is CCC(=O)Oc1ccc(Cl)cn1. The molecule has 1 aromatic rings. The van der Waals surface area contributed by atoms with Gasteiger partial charge in [-0.1, -0.05) is 18.5 Å². The molecule has 64 valence electrons. The third kappa shape index (κ3) is 2.51. The van der Waals surface area contributed by atoms with Crippen molar-refractivity contribution in [3.05, 3.63) is 23.4 Å². The highest BCUT2D eigenvalue weighted by atomic mass is 35.5. The molecule has 0 amide bonds. The van der Waals surface area contributed by atoms with Crippen molar-refractivity contribution >= 4 is 17.6 Å². The number of rotatable bonds is 2. The summed E-state index contributed by atoms with van der Waals surface area (Å²) in [7, 11) is 0. The van der Waals surface area contributed by atoms with Crippen molar-refractivity contribution in [2.75, 3.05) is 0 Å². The molecule has 3 nitrogen and oxygen atoms in total. The summed E-state index contributed by atoms with van der Waals surface area (Å²) < 4.78 is 4.81. The minimum Gasteiger partial charge on any atom is -0.407 e. The Bertz CT molecular complexity index is 271. The Kier molecular flexibility index (Phi) is 3.05. The molecule has 0 unspecified atom stereocenters. The second kappa shape index (κ2) is 4.07. The van der Waals surface area contributed by atoms with E-state index in [1.54, 1.807) is 19.1 Å². The van der Waals surface area contributed by atoms with Crippen LogP contribution in [0.4, 0.5) is 0 Å². The molecule has 0 saturated heterocycles. The first kappa shape index (κ1) is 9.00. The molecule has 4 heteroatoms. The molecule has 0 saturated carbocycles. The summed E-state index contributed by atoms with van der Waals surface area (Å²) in [4.78, 5) is 14.6. The highest BCUT2D eigenvalue weighted by molar-refractivity contribution is 6.30. The first-order valence-corrected chi connectivity index (χ1v) is 3.92. The van der Waals surface area contributed by atoms with Crippen molar-refractivity contribution in [1.29, 1.82) is 0 Å². The lowest BCUT2D eigenvalue weighted by Gasteiger charge is -1.99. The first-order chi connectivity index (χ1) is 5.72. The van der Waals surface area contributed by atoms with Gasteiger partial charge in [-0.15, -0.1) is 0 Å². The Morgan fingerprint density at radius 2 is 2.42 bits per heavy atom. The highest BCUT2D eigenvalue weighted by Crippen LogP contribution is 2.11. The van der Waals surface area contributed by atoms with Gasteiger partial charge in [-0.2, -0.15) is 0 Å². The summed E-state index contributed by atoms with van der Waals surface area (Å²) in [6, 6.07) is 3.17. The van der Waals surface area contributed by atoms with E-state index < -0.39 is 0 Å². The van der Waals surface area contributed by atoms with Gasteiger partial charge in [-0.25, -0.2) is 4.98 Å². The lowest BCUT2D eigenvalue weighted by atomic mass is 10.5. The summed E-state index contributed by atoms with van der Waals surface area (Å²) in [5.41, 5.74) is 0. The zero-order valence-corrected chi connectivity index (χ0v) is 7.34. The number of ether oxygens (including phenoxy) is 1. The zero-order chi connectivity index (χ0) is 8.97. The van der Waals surface area contributed by atoms with Gasteiger partial charge in [0.25, 0.3) is 0 Å². The van der Waals surface area contributed by atoms with Crippen LogP contribution in [-0.2, 0) is 4.79 Å². The fraction of sp³-hybridized carbons (Fsp3) is 0.250. The Hall–Kier alpha value is -1.09. The van der Waals surface area contributed by atoms with Crippen LogP contribution < -0.4 is 4.74 Å². The van der Waals surface area contributed by atoms with Gasteiger partial charge in [-0.3, -0.25) is 4.79 Å². The molecule has 0 aromatic carbocycles. The molecule has 1 aromatic heterocycles. The molecular formula is C8H8ClNO2. The minimum absolute atomic E-state index is 0.284. The highest BCUT2D eigenvalue weighted by Gasteiger charge is 2.01. The summed E-state index contributed by atoms with van der Waals surface area (Å²) in [6.07, 6.45) is 1.77. The van der Waals surface area contributed by atoms with Crippen molar-refractivity contribution in [2.45, 2.75) is 13.3 Å². The van der Waals surface area contributed by atoms with E-state index in [2.05, 4.69) is 4.98 Å². The summed E-state index contributed by atoms with van der Waals surface area (Å²) in [5, 5.41) is 0.520. The zero-order valence-electron chi connectivity index (χ0n) is 6.58. The van der Waals surface area contributed by atoms with Gasteiger partial charge >= 0.3 is 5.97 Å². The number of carbonyl (C=O) groups is 1. The third-order valence-electron chi connectivity index (χ3n) is 1.21. The van der Waals surface area contributed by atoms with Gasteiger partial charge in [0, 0.05) is 18.7 Å². The molecule has 1 heterocycles. The van der Waals surface area contributed by atoms with E-state index in [4.69, 9.17) is 16.3 Å². The van der Waals surface area contributed by atoms with Gasteiger partial charge in [0.05, 0.1) is 5.02 Å². The smallest absolute Gasteiger partial charge is 0.312 e. The van der Waals surface area contributed by atoms with E-state index in [0.29, 0.717) is 11.4 Å². The summed E-state index contributed by atoms with van der Waals surface area (Å²) in [6.45, 7) is 1.72. The van der Waals surface area contributed by atoms with E-state index in [0.717, 1.165) is 0 Å². The lowest BCUT2D eigenvalue weighted by molar-refractivity contribution is -0.134. The summed E-state index contributed by atoms with van der Waals surface area (Å²) in [5.74, 6) is -0.0175. The number of halogens is 1. The van der Waals surface area contributed by atoms with Gasteiger partial charge < -0.3 is 4.74 Å². The normalized spacial score (nSPS) is 9.50. The summed E-state index contributed by atoms with van der Waals surface area (Å²) >= 11 is 5.58.